The molecule has 0 saturated heterocycles. The zero-order valence-electron chi connectivity index (χ0n) is 12.2. The van der Waals surface area contributed by atoms with Crippen LogP contribution in [0.2, 0.25) is 0 Å². The molecule has 2 heterocycles. The van der Waals surface area contributed by atoms with E-state index in [2.05, 4.69) is 10.4 Å². The van der Waals surface area contributed by atoms with E-state index in [1.807, 2.05) is 0 Å². The van der Waals surface area contributed by atoms with Gasteiger partial charge in [-0.3, -0.25) is 0 Å². The number of hydrogen-bond donors (Lipinski definition) is 1. The Balaban J connectivity index is 2.12. The van der Waals surface area contributed by atoms with Crippen LogP contribution >= 0.6 is 0 Å². The quantitative estimate of drug-likeness (QED) is 0.905. The molecule has 1 aromatic heterocycles. The molecule has 3 rings (SSSR count). The van der Waals surface area contributed by atoms with E-state index in [9.17, 15) is 21.6 Å². The summed E-state index contributed by atoms with van der Waals surface area (Å²) < 4.78 is 62.7. The molecule has 124 valence electrons. The predicted octanol–water partition coefficient (Wildman–Crippen LogP) is 2.02. The number of rotatable bonds is 2. The van der Waals surface area contributed by atoms with Crippen LogP contribution in [0.15, 0.2) is 24.3 Å². The first-order valence-electron chi connectivity index (χ1n) is 6.87. The van der Waals surface area contributed by atoms with Crippen molar-refractivity contribution in [3.8, 4) is 11.3 Å². The molecule has 1 N–H and O–H groups in total. The fourth-order valence-corrected chi connectivity index (χ4v) is 3.47. The van der Waals surface area contributed by atoms with Crippen LogP contribution in [0.25, 0.3) is 11.3 Å². The number of hydrogen-bond acceptors (Lipinski definition) is 4. The fourth-order valence-electron chi connectivity index (χ4n) is 2.64. The summed E-state index contributed by atoms with van der Waals surface area (Å²) in [7, 11) is -3.57. The van der Waals surface area contributed by atoms with Crippen molar-refractivity contribution in [1.29, 1.82) is 0 Å². The molecule has 0 fully saturated rings. The van der Waals surface area contributed by atoms with Crippen molar-refractivity contribution >= 4 is 10.0 Å². The zero-order chi connectivity index (χ0) is 16.8. The summed E-state index contributed by atoms with van der Waals surface area (Å²) in [4.78, 5) is 0. The van der Waals surface area contributed by atoms with E-state index >= 15 is 0 Å². The van der Waals surface area contributed by atoms with Crippen LogP contribution in [0.3, 0.4) is 0 Å². The average molecular weight is 345 g/mol. The Morgan fingerprint density at radius 3 is 2.43 bits per heavy atom. The van der Waals surface area contributed by atoms with Crippen molar-refractivity contribution in [2.24, 2.45) is 0 Å². The van der Waals surface area contributed by atoms with Gasteiger partial charge in [-0.2, -0.15) is 22.4 Å². The third-order valence-corrected chi connectivity index (χ3v) is 4.63. The topological polar surface area (TPSA) is 64.0 Å². The highest BCUT2D eigenvalue weighted by molar-refractivity contribution is 7.89. The van der Waals surface area contributed by atoms with Crippen LogP contribution in [0.1, 0.15) is 16.8 Å². The first-order chi connectivity index (χ1) is 10.7. The van der Waals surface area contributed by atoms with E-state index in [4.69, 9.17) is 0 Å². The highest BCUT2D eigenvalue weighted by Crippen LogP contribution is 2.33. The lowest BCUT2D eigenvalue weighted by molar-refractivity contribution is -0.137. The Morgan fingerprint density at radius 1 is 1.22 bits per heavy atom. The lowest BCUT2D eigenvalue weighted by Gasteiger charge is -2.15. The van der Waals surface area contributed by atoms with E-state index in [-0.39, 0.29) is 0 Å². The summed E-state index contributed by atoms with van der Waals surface area (Å²) in [6.45, 7) is 1.06. The molecule has 1 aromatic carbocycles. The SMILES string of the molecule is CS(=O)(=O)n1nc(-c2ccc(C(F)(F)F)cc2)c2c1CCNC2. The van der Waals surface area contributed by atoms with Crippen molar-refractivity contribution in [2.45, 2.75) is 19.1 Å². The maximum atomic E-state index is 12.6. The number of aromatic nitrogens is 2. The van der Waals surface area contributed by atoms with Gasteiger partial charge in [-0.1, -0.05) is 12.1 Å². The molecule has 0 atom stereocenters. The maximum absolute atomic E-state index is 12.6. The zero-order valence-corrected chi connectivity index (χ0v) is 13.0. The maximum Gasteiger partial charge on any atom is 0.416 e. The molecule has 2 aromatic rings. The van der Waals surface area contributed by atoms with Crippen LogP contribution < -0.4 is 5.32 Å². The molecule has 5 nitrogen and oxygen atoms in total. The van der Waals surface area contributed by atoms with Gasteiger partial charge in [0, 0.05) is 30.6 Å². The van der Waals surface area contributed by atoms with E-state index in [0.29, 0.717) is 42.0 Å². The Morgan fingerprint density at radius 2 is 1.87 bits per heavy atom. The van der Waals surface area contributed by atoms with Gasteiger partial charge in [0.2, 0.25) is 0 Å². The van der Waals surface area contributed by atoms with Crippen molar-refractivity contribution in [3.63, 3.8) is 0 Å². The Hall–Kier alpha value is -1.87. The van der Waals surface area contributed by atoms with Crippen LogP contribution in [0.5, 0.6) is 0 Å². The summed E-state index contributed by atoms with van der Waals surface area (Å²) in [5.41, 5.74) is 1.39. The molecular weight excluding hydrogens is 331 g/mol. The Bertz CT molecular complexity index is 839. The molecule has 23 heavy (non-hydrogen) atoms. The molecule has 1 aliphatic heterocycles. The van der Waals surface area contributed by atoms with E-state index in [1.54, 1.807) is 0 Å². The molecule has 0 spiro atoms. The van der Waals surface area contributed by atoms with Crippen LogP contribution in [-0.2, 0) is 29.2 Å². The highest BCUT2D eigenvalue weighted by Gasteiger charge is 2.31. The van der Waals surface area contributed by atoms with Gasteiger partial charge in [0.1, 0.15) is 0 Å². The standard InChI is InChI=1S/C14H14F3N3O2S/c1-23(21,22)20-12-6-7-18-8-11(12)13(19-20)9-2-4-10(5-3-9)14(15,16)17/h2-5,18H,6-8H2,1H3. The average Bonchev–Trinajstić information content (AvgIpc) is 2.86. The first-order valence-corrected chi connectivity index (χ1v) is 8.72. The third kappa shape index (κ3) is 2.98. The molecular formula is C14H14F3N3O2S. The minimum absolute atomic E-state index is 0.395. The fraction of sp³-hybridized carbons (Fsp3) is 0.357. The molecule has 0 aliphatic carbocycles. The summed E-state index contributed by atoms with van der Waals surface area (Å²) in [5.74, 6) is 0. The summed E-state index contributed by atoms with van der Waals surface area (Å²) in [6, 6.07) is 4.56. The molecule has 9 heteroatoms. The van der Waals surface area contributed by atoms with Crippen LogP contribution in [-0.4, -0.2) is 30.4 Å². The molecule has 0 radical (unpaired) electrons. The molecule has 1 aliphatic rings. The van der Waals surface area contributed by atoms with Crippen molar-refractivity contribution in [1.82, 2.24) is 14.5 Å². The number of alkyl halides is 3. The lowest BCUT2D eigenvalue weighted by atomic mass is 10.0. The van der Waals surface area contributed by atoms with E-state index < -0.39 is 21.8 Å². The van der Waals surface area contributed by atoms with Crippen molar-refractivity contribution < 1.29 is 21.6 Å². The summed E-state index contributed by atoms with van der Waals surface area (Å²) >= 11 is 0. The number of nitrogens with one attached hydrogen (secondary N) is 1. The second kappa shape index (κ2) is 5.34. The second-order valence-electron chi connectivity index (χ2n) is 5.38. The van der Waals surface area contributed by atoms with Gasteiger partial charge in [0.05, 0.1) is 23.2 Å². The lowest BCUT2D eigenvalue weighted by Crippen LogP contribution is -2.26. The minimum Gasteiger partial charge on any atom is -0.312 e. The van der Waals surface area contributed by atoms with Crippen molar-refractivity contribution in [2.75, 3.05) is 12.8 Å². The predicted molar refractivity (Wildman–Crippen MR) is 78.3 cm³/mol. The molecule has 0 saturated carbocycles. The smallest absolute Gasteiger partial charge is 0.312 e. The third-order valence-electron chi connectivity index (χ3n) is 3.70. The Labute approximate surface area is 131 Å². The van der Waals surface area contributed by atoms with Gasteiger partial charge in [0.25, 0.3) is 10.0 Å². The van der Waals surface area contributed by atoms with Crippen LogP contribution in [0.4, 0.5) is 13.2 Å². The normalized spacial score (nSPS) is 15.5. The van der Waals surface area contributed by atoms with Gasteiger partial charge in [-0.25, -0.2) is 8.42 Å². The largest absolute Gasteiger partial charge is 0.416 e. The van der Waals surface area contributed by atoms with Gasteiger partial charge < -0.3 is 5.32 Å². The van der Waals surface area contributed by atoms with Gasteiger partial charge in [-0.05, 0) is 12.1 Å². The monoisotopic (exact) mass is 345 g/mol. The van der Waals surface area contributed by atoms with Gasteiger partial charge in [0.15, 0.2) is 0 Å². The molecule has 0 bridgehead atoms. The number of fused-ring (bicyclic) bond motifs is 1. The molecule has 0 amide bonds. The summed E-state index contributed by atoms with van der Waals surface area (Å²) in [5, 5.41) is 7.26. The van der Waals surface area contributed by atoms with Crippen molar-refractivity contribution in [3.05, 3.63) is 41.1 Å². The Kier molecular flexibility index (Phi) is 3.72. The number of nitrogens with zero attached hydrogens (tertiary/aromatic N) is 2. The van der Waals surface area contributed by atoms with E-state index in [0.717, 1.165) is 22.5 Å². The van der Waals surface area contributed by atoms with Crippen LogP contribution in [0, 0.1) is 0 Å². The van der Waals surface area contributed by atoms with Gasteiger partial charge in [-0.15, -0.1) is 0 Å². The number of halogens is 3. The number of benzene rings is 1. The van der Waals surface area contributed by atoms with E-state index in [1.165, 1.54) is 12.1 Å². The summed E-state index contributed by atoms with van der Waals surface area (Å²) in [6.07, 6.45) is -2.86. The van der Waals surface area contributed by atoms with Gasteiger partial charge >= 0.3 is 6.18 Å². The molecule has 0 unspecified atom stereocenters. The minimum atomic E-state index is -4.41. The second-order valence-corrected chi connectivity index (χ2v) is 7.19. The first kappa shape index (κ1) is 16.0. The highest BCUT2D eigenvalue weighted by atomic mass is 32.2.